The highest BCUT2D eigenvalue weighted by Gasteiger charge is 2.21. The second-order valence-corrected chi connectivity index (χ2v) is 8.50. The fraction of sp³-hybridized carbons (Fsp3) is 0.368. The Kier molecular flexibility index (Phi) is 5.51. The maximum atomic E-state index is 12.9. The Labute approximate surface area is 156 Å². The number of amides is 1. The summed E-state index contributed by atoms with van der Waals surface area (Å²) in [5.74, 6) is 0.109. The molecule has 3 rings (SSSR count). The molecule has 1 amide bonds. The van der Waals surface area contributed by atoms with Crippen molar-refractivity contribution in [1.29, 1.82) is 0 Å². The standard InChI is InChI=1S/C19H23N3OS2/c1-13-7-8-16-18(14(13)2)20-19(25-16)22(10-9-21(3)4)17(23)12-15-6-5-11-24-15/h5-8,11H,9-10,12H2,1-4H3. The quantitative estimate of drug-likeness (QED) is 0.652. The van der Waals surface area contributed by atoms with Crippen molar-refractivity contribution >= 4 is 43.9 Å². The number of rotatable bonds is 6. The van der Waals surface area contributed by atoms with E-state index in [1.54, 1.807) is 22.7 Å². The zero-order valence-corrected chi connectivity index (χ0v) is 16.7. The van der Waals surface area contributed by atoms with Crippen LogP contribution in [0.5, 0.6) is 0 Å². The topological polar surface area (TPSA) is 36.4 Å². The Morgan fingerprint density at radius 3 is 2.64 bits per heavy atom. The van der Waals surface area contributed by atoms with Gasteiger partial charge in [-0.15, -0.1) is 11.3 Å². The van der Waals surface area contributed by atoms with Gasteiger partial charge in [-0.1, -0.05) is 23.5 Å². The highest BCUT2D eigenvalue weighted by molar-refractivity contribution is 7.22. The summed E-state index contributed by atoms with van der Waals surface area (Å²) in [6, 6.07) is 8.23. The molecule has 0 aliphatic heterocycles. The van der Waals surface area contributed by atoms with E-state index < -0.39 is 0 Å². The van der Waals surface area contributed by atoms with Crippen LogP contribution in [0.15, 0.2) is 29.6 Å². The van der Waals surface area contributed by atoms with Crippen molar-refractivity contribution < 1.29 is 4.79 Å². The molecule has 0 aliphatic carbocycles. The average Bonchev–Trinajstić information content (AvgIpc) is 3.21. The number of carbonyl (C=O) groups excluding carboxylic acids is 1. The second kappa shape index (κ2) is 7.64. The number of aryl methyl sites for hydroxylation is 2. The fourth-order valence-corrected chi connectivity index (χ4v) is 4.38. The van der Waals surface area contributed by atoms with E-state index in [1.165, 1.54) is 11.1 Å². The molecule has 0 fully saturated rings. The Morgan fingerprint density at radius 2 is 1.96 bits per heavy atom. The molecule has 0 saturated heterocycles. The molecule has 6 heteroatoms. The maximum Gasteiger partial charge on any atom is 0.234 e. The van der Waals surface area contributed by atoms with E-state index in [4.69, 9.17) is 4.98 Å². The van der Waals surface area contributed by atoms with E-state index in [0.717, 1.165) is 26.8 Å². The lowest BCUT2D eigenvalue weighted by Crippen LogP contribution is -2.37. The molecule has 0 bridgehead atoms. The minimum Gasteiger partial charge on any atom is -0.308 e. The van der Waals surface area contributed by atoms with Gasteiger partial charge in [0.1, 0.15) is 0 Å². The molecule has 0 spiro atoms. The summed E-state index contributed by atoms with van der Waals surface area (Å²) in [5.41, 5.74) is 3.44. The maximum absolute atomic E-state index is 12.9. The number of anilines is 1. The van der Waals surface area contributed by atoms with Crippen LogP contribution in [0.25, 0.3) is 10.2 Å². The third-order valence-corrected chi connectivity index (χ3v) is 6.20. The van der Waals surface area contributed by atoms with Crippen LogP contribution in [-0.2, 0) is 11.2 Å². The molecular formula is C19H23N3OS2. The third kappa shape index (κ3) is 4.08. The summed E-state index contributed by atoms with van der Waals surface area (Å²) >= 11 is 3.22. The molecule has 4 nitrogen and oxygen atoms in total. The highest BCUT2D eigenvalue weighted by Crippen LogP contribution is 2.32. The first-order chi connectivity index (χ1) is 12.0. The number of fused-ring (bicyclic) bond motifs is 1. The molecule has 132 valence electrons. The number of likely N-dealkylation sites (N-methyl/N-ethyl adjacent to an activating group) is 1. The van der Waals surface area contributed by atoms with E-state index in [-0.39, 0.29) is 5.91 Å². The number of nitrogens with zero attached hydrogens (tertiary/aromatic N) is 3. The summed E-state index contributed by atoms with van der Waals surface area (Å²) < 4.78 is 1.14. The van der Waals surface area contributed by atoms with Crippen molar-refractivity contribution in [3.05, 3.63) is 45.6 Å². The van der Waals surface area contributed by atoms with Gasteiger partial charge in [0.05, 0.1) is 16.6 Å². The van der Waals surface area contributed by atoms with Crippen molar-refractivity contribution in [1.82, 2.24) is 9.88 Å². The number of hydrogen-bond donors (Lipinski definition) is 0. The number of hydrogen-bond acceptors (Lipinski definition) is 5. The second-order valence-electron chi connectivity index (χ2n) is 6.46. The van der Waals surface area contributed by atoms with Gasteiger partial charge in [-0.2, -0.15) is 0 Å². The van der Waals surface area contributed by atoms with Gasteiger partial charge in [-0.05, 0) is 56.6 Å². The first-order valence-electron chi connectivity index (χ1n) is 8.30. The molecule has 2 heterocycles. The van der Waals surface area contributed by atoms with Gasteiger partial charge >= 0.3 is 0 Å². The number of benzene rings is 1. The van der Waals surface area contributed by atoms with E-state index >= 15 is 0 Å². The lowest BCUT2D eigenvalue weighted by Gasteiger charge is -2.21. The Bertz CT molecular complexity index is 868. The fourth-order valence-electron chi connectivity index (χ4n) is 2.61. The molecular weight excluding hydrogens is 350 g/mol. The predicted molar refractivity (Wildman–Crippen MR) is 108 cm³/mol. The summed E-state index contributed by atoms with van der Waals surface area (Å²) in [4.78, 5) is 22.8. The van der Waals surface area contributed by atoms with Gasteiger partial charge in [0.2, 0.25) is 5.91 Å². The number of thiazole rings is 1. The van der Waals surface area contributed by atoms with E-state index in [0.29, 0.717) is 13.0 Å². The number of carbonyl (C=O) groups is 1. The Balaban J connectivity index is 1.93. The molecule has 0 saturated carbocycles. The largest absolute Gasteiger partial charge is 0.308 e. The molecule has 1 aromatic carbocycles. The molecule has 2 aromatic heterocycles. The van der Waals surface area contributed by atoms with E-state index in [2.05, 4.69) is 30.9 Å². The predicted octanol–water partition coefficient (Wildman–Crippen LogP) is 4.11. The van der Waals surface area contributed by atoms with Crippen LogP contribution in [0, 0.1) is 13.8 Å². The van der Waals surface area contributed by atoms with Crippen LogP contribution in [0.2, 0.25) is 0 Å². The van der Waals surface area contributed by atoms with Crippen LogP contribution < -0.4 is 4.90 Å². The van der Waals surface area contributed by atoms with Gasteiger partial charge in [-0.25, -0.2) is 4.98 Å². The molecule has 0 aliphatic rings. The smallest absolute Gasteiger partial charge is 0.234 e. The van der Waals surface area contributed by atoms with Crippen LogP contribution in [0.1, 0.15) is 16.0 Å². The summed E-state index contributed by atoms with van der Waals surface area (Å²) in [6.45, 7) is 5.65. The minimum atomic E-state index is 0.109. The van der Waals surface area contributed by atoms with Crippen LogP contribution in [-0.4, -0.2) is 43.0 Å². The van der Waals surface area contributed by atoms with Gasteiger partial charge in [-0.3, -0.25) is 9.69 Å². The van der Waals surface area contributed by atoms with Crippen LogP contribution in [0.4, 0.5) is 5.13 Å². The summed E-state index contributed by atoms with van der Waals surface area (Å²) in [7, 11) is 4.04. The monoisotopic (exact) mass is 373 g/mol. The molecule has 3 aromatic rings. The van der Waals surface area contributed by atoms with Crippen molar-refractivity contribution in [3.63, 3.8) is 0 Å². The van der Waals surface area contributed by atoms with Crippen molar-refractivity contribution in [2.75, 3.05) is 32.1 Å². The normalized spacial score (nSPS) is 11.4. The molecule has 25 heavy (non-hydrogen) atoms. The third-order valence-electron chi connectivity index (χ3n) is 4.28. The number of aromatic nitrogens is 1. The van der Waals surface area contributed by atoms with Gasteiger partial charge in [0.15, 0.2) is 5.13 Å². The van der Waals surface area contributed by atoms with Crippen molar-refractivity contribution in [2.45, 2.75) is 20.3 Å². The zero-order chi connectivity index (χ0) is 18.0. The highest BCUT2D eigenvalue weighted by atomic mass is 32.1. The first-order valence-corrected chi connectivity index (χ1v) is 9.99. The van der Waals surface area contributed by atoms with Crippen molar-refractivity contribution in [2.24, 2.45) is 0 Å². The molecule has 0 atom stereocenters. The minimum absolute atomic E-state index is 0.109. The van der Waals surface area contributed by atoms with Gasteiger partial charge in [0.25, 0.3) is 0 Å². The van der Waals surface area contributed by atoms with E-state index in [1.807, 2.05) is 36.5 Å². The lowest BCUT2D eigenvalue weighted by atomic mass is 10.1. The van der Waals surface area contributed by atoms with Crippen LogP contribution >= 0.6 is 22.7 Å². The summed E-state index contributed by atoms with van der Waals surface area (Å²) in [5, 5.41) is 2.81. The Morgan fingerprint density at radius 1 is 1.16 bits per heavy atom. The molecule has 0 N–H and O–H groups in total. The first kappa shape index (κ1) is 18.0. The Hall–Kier alpha value is -1.76. The lowest BCUT2D eigenvalue weighted by molar-refractivity contribution is -0.118. The number of thiophene rings is 1. The van der Waals surface area contributed by atoms with Gasteiger partial charge < -0.3 is 4.90 Å². The SMILES string of the molecule is Cc1ccc2sc(N(CCN(C)C)C(=O)Cc3cccs3)nc2c1C. The van der Waals surface area contributed by atoms with Gasteiger partial charge in [0, 0.05) is 18.0 Å². The zero-order valence-electron chi connectivity index (χ0n) is 15.1. The molecule has 0 radical (unpaired) electrons. The summed E-state index contributed by atoms with van der Waals surface area (Å²) in [6.07, 6.45) is 0.430. The average molecular weight is 374 g/mol. The van der Waals surface area contributed by atoms with E-state index in [9.17, 15) is 4.79 Å². The van der Waals surface area contributed by atoms with Crippen molar-refractivity contribution in [3.8, 4) is 0 Å². The molecule has 0 unspecified atom stereocenters. The van der Waals surface area contributed by atoms with Crippen LogP contribution in [0.3, 0.4) is 0 Å².